The minimum absolute atomic E-state index is 0.0691. The molecule has 2 atom stereocenters. The van der Waals surface area contributed by atoms with Crippen LogP contribution >= 0.6 is 11.8 Å². The van der Waals surface area contributed by atoms with Crippen molar-refractivity contribution in [1.29, 1.82) is 0 Å². The Morgan fingerprint density at radius 2 is 2.07 bits per heavy atom. The molecule has 0 rings (SSSR count). The highest BCUT2D eigenvalue weighted by Gasteiger charge is 2.13. The molecule has 3 N–H and O–H groups in total. The molecule has 0 bridgehead atoms. The van der Waals surface area contributed by atoms with Crippen molar-refractivity contribution in [3.8, 4) is 0 Å². The van der Waals surface area contributed by atoms with Crippen molar-refractivity contribution in [2.75, 3.05) is 39.2 Å². The molecule has 0 aliphatic carbocycles. The van der Waals surface area contributed by atoms with Gasteiger partial charge in [-0.3, -0.25) is 0 Å². The van der Waals surface area contributed by atoms with E-state index in [1.165, 1.54) is 0 Å². The highest BCUT2D eigenvalue weighted by atomic mass is 32.2. The zero-order valence-corrected chi connectivity index (χ0v) is 9.72. The second kappa shape index (κ2) is 9.73. The van der Waals surface area contributed by atoms with Crippen LogP contribution in [0.4, 0.5) is 0 Å². The highest BCUT2D eigenvalue weighted by molar-refractivity contribution is 7.99. The molecule has 0 amide bonds. The molecule has 0 saturated heterocycles. The van der Waals surface area contributed by atoms with Crippen molar-refractivity contribution in [2.45, 2.75) is 18.2 Å². The van der Waals surface area contributed by atoms with Crippen LogP contribution in [-0.2, 0) is 4.74 Å². The maximum Gasteiger partial charge on any atom is 0.0698 e. The summed E-state index contributed by atoms with van der Waals surface area (Å²) in [6.07, 6.45) is 1.99. The van der Waals surface area contributed by atoms with Crippen molar-refractivity contribution >= 4 is 11.8 Å². The summed E-state index contributed by atoms with van der Waals surface area (Å²) in [6.45, 7) is 4.04. The van der Waals surface area contributed by atoms with E-state index in [9.17, 15) is 0 Å². The molecule has 0 aromatic carbocycles. The molecule has 4 nitrogen and oxygen atoms in total. The van der Waals surface area contributed by atoms with E-state index in [0.29, 0.717) is 13.2 Å². The van der Waals surface area contributed by atoms with E-state index in [4.69, 9.17) is 14.9 Å². The summed E-state index contributed by atoms with van der Waals surface area (Å²) in [7, 11) is 0. The van der Waals surface area contributed by atoms with Gasteiger partial charge in [-0.05, 0) is 13.2 Å². The topological polar surface area (TPSA) is 61.7 Å². The van der Waals surface area contributed by atoms with E-state index < -0.39 is 0 Å². The molecule has 0 aliphatic heterocycles. The van der Waals surface area contributed by atoms with Crippen LogP contribution in [0.25, 0.3) is 0 Å². The Balaban J connectivity index is 3.37. The Morgan fingerprint density at radius 1 is 1.36 bits per heavy atom. The molecule has 0 aromatic rings. The third-order valence-electron chi connectivity index (χ3n) is 1.99. The molecule has 0 heterocycles. The van der Waals surface area contributed by atoms with Crippen LogP contribution in [0.1, 0.15) is 6.92 Å². The molecule has 14 heavy (non-hydrogen) atoms. The van der Waals surface area contributed by atoms with Crippen molar-refractivity contribution in [3.05, 3.63) is 0 Å². The smallest absolute Gasteiger partial charge is 0.0698 e. The summed E-state index contributed by atoms with van der Waals surface area (Å²) < 4.78 is 5.10. The largest absolute Gasteiger partial charge is 0.395 e. The maximum absolute atomic E-state index is 9.01. The van der Waals surface area contributed by atoms with Gasteiger partial charge in [0.1, 0.15) is 0 Å². The third-order valence-corrected chi connectivity index (χ3v) is 3.15. The molecule has 0 aromatic heterocycles. The fourth-order valence-corrected chi connectivity index (χ4v) is 1.75. The minimum Gasteiger partial charge on any atom is -0.395 e. The van der Waals surface area contributed by atoms with Gasteiger partial charge in [0.15, 0.2) is 0 Å². The second-order valence-electron chi connectivity index (χ2n) is 3.04. The van der Waals surface area contributed by atoms with Gasteiger partial charge in [0.25, 0.3) is 0 Å². The molecule has 2 unspecified atom stereocenters. The first-order valence-electron chi connectivity index (χ1n) is 4.81. The monoisotopic (exact) mass is 223 g/mol. The Kier molecular flexibility index (Phi) is 9.87. The van der Waals surface area contributed by atoms with E-state index in [2.05, 4.69) is 5.32 Å². The van der Waals surface area contributed by atoms with E-state index in [-0.39, 0.29) is 24.5 Å². The summed E-state index contributed by atoms with van der Waals surface area (Å²) in [4.78, 5) is 0. The average Bonchev–Trinajstić information content (AvgIpc) is 2.19. The number of aliphatic hydroxyl groups excluding tert-OH is 2. The Morgan fingerprint density at radius 3 is 2.57 bits per heavy atom. The van der Waals surface area contributed by atoms with Gasteiger partial charge >= 0.3 is 0 Å². The Bertz CT molecular complexity index is 123. The van der Waals surface area contributed by atoms with Gasteiger partial charge in [0, 0.05) is 17.8 Å². The quantitative estimate of drug-likeness (QED) is 0.468. The van der Waals surface area contributed by atoms with Gasteiger partial charge < -0.3 is 20.3 Å². The van der Waals surface area contributed by atoms with Gasteiger partial charge in [0.05, 0.1) is 26.4 Å². The van der Waals surface area contributed by atoms with E-state index in [1.54, 1.807) is 11.8 Å². The van der Waals surface area contributed by atoms with Crippen LogP contribution in [-0.4, -0.2) is 60.7 Å². The number of ether oxygens (including phenoxy) is 1. The normalized spacial score (nSPS) is 15.4. The maximum atomic E-state index is 9.01. The van der Waals surface area contributed by atoms with Gasteiger partial charge in [-0.15, -0.1) is 0 Å². The van der Waals surface area contributed by atoms with Crippen LogP contribution in [0.3, 0.4) is 0 Å². The second-order valence-corrected chi connectivity index (χ2v) is 4.11. The summed E-state index contributed by atoms with van der Waals surface area (Å²) in [5, 5.41) is 21.0. The minimum atomic E-state index is 0.0691. The predicted molar refractivity (Wildman–Crippen MR) is 59.8 cm³/mol. The summed E-state index contributed by atoms with van der Waals surface area (Å²) >= 11 is 1.65. The van der Waals surface area contributed by atoms with Crippen LogP contribution in [0.15, 0.2) is 0 Å². The lowest BCUT2D eigenvalue weighted by Crippen LogP contribution is -2.39. The SMILES string of the molecule is CSC(CO)C(C)NCCOCCO. The lowest BCUT2D eigenvalue weighted by Gasteiger charge is -2.21. The number of aliphatic hydroxyl groups is 2. The molecule has 0 fully saturated rings. The molecular weight excluding hydrogens is 202 g/mol. The summed E-state index contributed by atoms with van der Waals surface area (Å²) in [6, 6.07) is 0.271. The molecule has 0 spiro atoms. The standard InChI is InChI=1S/C9H21NO3S/c1-8(9(7-12)14-2)10-3-5-13-6-4-11/h8-12H,3-7H2,1-2H3. The average molecular weight is 223 g/mol. The molecular formula is C9H21NO3S. The number of rotatable bonds is 9. The first-order valence-corrected chi connectivity index (χ1v) is 6.10. The number of hydrogen-bond acceptors (Lipinski definition) is 5. The first-order chi connectivity index (χ1) is 6.76. The van der Waals surface area contributed by atoms with E-state index in [1.807, 2.05) is 13.2 Å². The number of hydrogen-bond donors (Lipinski definition) is 3. The number of thioether (sulfide) groups is 1. The van der Waals surface area contributed by atoms with Crippen LogP contribution < -0.4 is 5.32 Å². The first kappa shape index (κ1) is 14.2. The molecule has 0 aliphatic rings. The van der Waals surface area contributed by atoms with Crippen LogP contribution in [0.2, 0.25) is 0 Å². The lowest BCUT2D eigenvalue weighted by atomic mass is 10.2. The van der Waals surface area contributed by atoms with Gasteiger partial charge in [-0.2, -0.15) is 11.8 Å². The van der Waals surface area contributed by atoms with Crippen LogP contribution in [0, 0.1) is 0 Å². The van der Waals surface area contributed by atoms with Crippen molar-refractivity contribution in [3.63, 3.8) is 0 Å². The van der Waals surface area contributed by atoms with E-state index >= 15 is 0 Å². The van der Waals surface area contributed by atoms with Crippen molar-refractivity contribution in [2.24, 2.45) is 0 Å². The zero-order chi connectivity index (χ0) is 10.8. The van der Waals surface area contributed by atoms with Gasteiger partial charge in [-0.25, -0.2) is 0 Å². The molecule has 5 heteroatoms. The zero-order valence-electron chi connectivity index (χ0n) is 8.90. The number of nitrogens with one attached hydrogen (secondary N) is 1. The fraction of sp³-hybridized carbons (Fsp3) is 1.00. The lowest BCUT2D eigenvalue weighted by molar-refractivity contribution is 0.0924. The summed E-state index contributed by atoms with van der Waals surface area (Å²) in [5.74, 6) is 0. The highest BCUT2D eigenvalue weighted by Crippen LogP contribution is 2.09. The predicted octanol–water partition coefficient (Wildman–Crippen LogP) is -0.303. The molecule has 0 radical (unpaired) electrons. The van der Waals surface area contributed by atoms with Crippen molar-refractivity contribution in [1.82, 2.24) is 5.32 Å². The fourth-order valence-electron chi connectivity index (χ4n) is 1.09. The Labute approximate surface area is 90.0 Å². The van der Waals surface area contributed by atoms with Gasteiger partial charge in [-0.1, -0.05) is 0 Å². The third kappa shape index (κ3) is 6.62. The molecule has 86 valence electrons. The Hall–Kier alpha value is 0.190. The van der Waals surface area contributed by atoms with E-state index in [0.717, 1.165) is 6.54 Å². The van der Waals surface area contributed by atoms with Crippen molar-refractivity contribution < 1.29 is 14.9 Å². The van der Waals surface area contributed by atoms with Gasteiger partial charge in [0.2, 0.25) is 0 Å². The van der Waals surface area contributed by atoms with Crippen LogP contribution in [0.5, 0.6) is 0 Å². The molecule has 0 saturated carbocycles. The summed E-state index contributed by atoms with van der Waals surface area (Å²) in [5.41, 5.74) is 0.